The van der Waals surface area contributed by atoms with Crippen molar-refractivity contribution in [2.45, 2.75) is 12.6 Å². The first kappa shape index (κ1) is 10.3. The standard InChI is InChI=1S/C7H4BrF3O2/c8-6-2-1-4(13-6)3-5(12)7(9,10)11/h1-2H,3H2. The Hall–Kier alpha value is -0.780. The van der Waals surface area contributed by atoms with E-state index in [4.69, 9.17) is 4.42 Å². The van der Waals surface area contributed by atoms with E-state index in [2.05, 4.69) is 15.9 Å². The van der Waals surface area contributed by atoms with Crippen molar-refractivity contribution in [3.63, 3.8) is 0 Å². The molecule has 13 heavy (non-hydrogen) atoms. The molecule has 0 aliphatic rings. The molecule has 1 heterocycles. The topological polar surface area (TPSA) is 30.2 Å². The Labute approximate surface area is 79.8 Å². The monoisotopic (exact) mass is 256 g/mol. The van der Waals surface area contributed by atoms with Crippen LogP contribution in [0, 0.1) is 0 Å². The summed E-state index contributed by atoms with van der Waals surface area (Å²) in [5.41, 5.74) is 0. The highest BCUT2D eigenvalue weighted by molar-refractivity contribution is 9.10. The zero-order valence-corrected chi connectivity index (χ0v) is 7.78. The number of hydrogen-bond acceptors (Lipinski definition) is 2. The van der Waals surface area contributed by atoms with Gasteiger partial charge in [0.05, 0.1) is 6.42 Å². The minimum absolute atomic E-state index is 0.00537. The molecule has 0 saturated carbocycles. The van der Waals surface area contributed by atoms with Gasteiger partial charge in [-0.05, 0) is 28.1 Å². The van der Waals surface area contributed by atoms with Crippen molar-refractivity contribution in [1.29, 1.82) is 0 Å². The predicted octanol–water partition coefficient (Wildman–Crippen LogP) is 2.72. The molecule has 0 aliphatic heterocycles. The molecule has 0 radical (unpaired) electrons. The van der Waals surface area contributed by atoms with Crippen molar-refractivity contribution in [3.05, 3.63) is 22.6 Å². The van der Waals surface area contributed by atoms with Crippen molar-refractivity contribution in [2.75, 3.05) is 0 Å². The first-order chi connectivity index (χ1) is 5.89. The Morgan fingerprint density at radius 2 is 2.08 bits per heavy atom. The summed E-state index contributed by atoms with van der Waals surface area (Å²) in [5.74, 6) is -1.82. The van der Waals surface area contributed by atoms with E-state index in [0.717, 1.165) is 0 Å². The van der Waals surface area contributed by atoms with Crippen LogP contribution in [0.5, 0.6) is 0 Å². The summed E-state index contributed by atoms with van der Waals surface area (Å²) in [6.07, 6.45) is -5.55. The van der Waals surface area contributed by atoms with Gasteiger partial charge in [-0.1, -0.05) is 0 Å². The Kier molecular flexibility index (Phi) is 2.80. The SMILES string of the molecule is O=C(Cc1ccc(Br)o1)C(F)(F)F. The van der Waals surface area contributed by atoms with Crippen molar-refractivity contribution in [1.82, 2.24) is 0 Å². The van der Waals surface area contributed by atoms with Crippen LogP contribution in [-0.4, -0.2) is 12.0 Å². The molecule has 1 aromatic rings. The summed E-state index contributed by atoms with van der Waals surface area (Å²) < 4.78 is 40.3. The Morgan fingerprint density at radius 1 is 1.46 bits per heavy atom. The third kappa shape index (κ3) is 2.87. The lowest BCUT2D eigenvalue weighted by molar-refractivity contribution is -0.170. The van der Waals surface area contributed by atoms with Gasteiger partial charge in [-0.15, -0.1) is 0 Å². The molecule has 0 spiro atoms. The Balaban J connectivity index is 2.65. The van der Waals surface area contributed by atoms with Crippen molar-refractivity contribution in [2.24, 2.45) is 0 Å². The average Bonchev–Trinajstić information content (AvgIpc) is 2.33. The highest BCUT2D eigenvalue weighted by Crippen LogP contribution is 2.21. The van der Waals surface area contributed by atoms with Crippen LogP contribution in [-0.2, 0) is 11.2 Å². The van der Waals surface area contributed by atoms with Gasteiger partial charge in [0.2, 0.25) is 5.78 Å². The van der Waals surface area contributed by atoms with Gasteiger partial charge in [0, 0.05) is 0 Å². The van der Waals surface area contributed by atoms with Gasteiger partial charge in [0.1, 0.15) is 5.76 Å². The zero-order chi connectivity index (χ0) is 10.1. The second kappa shape index (κ2) is 3.53. The second-order valence-corrected chi connectivity index (χ2v) is 3.09. The van der Waals surface area contributed by atoms with E-state index in [-0.39, 0.29) is 5.76 Å². The first-order valence-corrected chi connectivity index (χ1v) is 4.03. The summed E-state index contributed by atoms with van der Waals surface area (Å²) in [4.78, 5) is 10.4. The van der Waals surface area contributed by atoms with Crippen LogP contribution >= 0.6 is 15.9 Å². The normalized spacial score (nSPS) is 11.7. The van der Waals surface area contributed by atoms with Crippen LogP contribution in [0.25, 0.3) is 0 Å². The highest BCUT2D eigenvalue weighted by Gasteiger charge is 2.38. The molecular weight excluding hydrogens is 253 g/mol. The average molecular weight is 257 g/mol. The lowest BCUT2D eigenvalue weighted by Crippen LogP contribution is -2.24. The molecule has 0 fully saturated rings. The van der Waals surface area contributed by atoms with Crippen molar-refractivity contribution < 1.29 is 22.4 Å². The summed E-state index contributed by atoms with van der Waals surface area (Å²) in [6.45, 7) is 0. The van der Waals surface area contributed by atoms with Gasteiger partial charge in [0.25, 0.3) is 0 Å². The van der Waals surface area contributed by atoms with Crippen LogP contribution in [0.15, 0.2) is 21.2 Å². The molecule has 6 heteroatoms. The number of furan rings is 1. The fourth-order valence-electron chi connectivity index (χ4n) is 0.705. The molecule has 0 amide bonds. The van der Waals surface area contributed by atoms with Crippen LogP contribution < -0.4 is 0 Å². The minimum atomic E-state index is -4.79. The maximum Gasteiger partial charge on any atom is 0.450 e. The van der Waals surface area contributed by atoms with E-state index >= 15 is 0 Å². The molecule has 0 unspecified atom stereocenters. The molecule has 0 saturated heterocycles. The molecule has 1 rings (SSSR count). The van der Waals surface area contributed by atoms with Crippen molar-refractivity contribution in [3.8, 4) is 0 Å². The number of carbonyl (C=O) groups is 1. The van der Waals surface area contributed by atoms with E-state index < -0.39 is 18.4 Å². The van der Waals surface area contributed by atoms with Gasteiger partial charge in [0.15, 0.2) is 4.67 Å². The third-order valence-corrected chi connectivity index (χ3v) is 1.71. The predicted molar refractivity (Wildman–Crippen MR) is 41.2 cm³/mol. The van der Waals surface area contributed by atoms with Crippen LogP contribution in [0.3, 0.4) is 0 Å². The van der Waals surface area contributed by atoms with E-state index in [0.29, 0.717) is 4.67 Å². The summed E-state index contributed by atoms with van der Waals surface area (Å²) in [6, 6.07) is 2.74. The summed E-state index contributed by atoms with van der Waals surface area (Å²) in [7, 11) is 0. The van der Waals surface area contributed by atoms with Crippen molar-refractivity contribution >= 4 is 21.7 Å². The molecule has 0 aromatic carbocycles. The van der Waals surface area contributed by atoms with Gasteiger partial charge >= 0.3 is 6.18 Å². The maximum atomic E-state index is 11.7. The molecule has 0 atom stereocenters. The number of Topliss-reactive ketones (excluding diaryl/α,β-unsaturated/α-hetero) is 1. The number of hydrogen-bond donors (Lipinski definition) is 0. The number of ketones is 1. The molecule has 0 bridgehead atoms. The van der Waals surface area contributed by atoms with E-state index in [1.54, 1.807) is 0 Å². The van der Waals surface area contributed by atoms with E-state index in [9.17, 15) is 18.0 Å². The summed E-state index contributed by atoms with van der Waals surface area (Å²) >= 11 is 2.91. The van der Waals surface area contributed by atoms with E-state index in [1.807, 2.05) is 0 Å². The number of carbonyl (C=O) groups excluding carboxylic acids is 1. The lowest BCUT2D eigenvalue weighted by atomic mass is 10.2. The van der Waals surface area contributed by atoms with Gasteiger partial charge in [-0.25, -0.2) is 0 Å². The fourth-order valence-corrected chi connectivity index (χ4v) is 1.05. The quantitative estimate of drug-likeness (QED) is 0.815. The van der Waals surface area contributed by atoms with Gasteiger partial charge in [-0.3, -0.25) is 4.79 Å². The number of alkyl halides is 3. The molecule has 0 aliphatic carbocycles. The van der Waals surface area contributed by atoms with Crippen LogP contribution in [0.4, 0.5) is 13.2 Å². The zero-order valence-electron chi connectivity index (χ0n) is 6.19. The molecule has 2 nitrogen and oxygen atoms in total. The highest BCUT2D eigenvalue weighted by atomic mass is 79.9. The third-order valence-electron chi connectivity index (χ3n) is 1.28. The molecule has 1 aromatic heterocycles. The first-order valence-electron chi connectivity index (χ1n) is 3.24. The van der Waals surface area contributed by atoms with Crippen LogP contribution in [0.1, 0.15) is 5.76 Å². The minimum Gasteiger partial charge on any atom is -0.454 e. The molecular formula is C7H4BrF3O2. The Morgan fingerprint density at radius 3 is 2.46 bits per heavy atom. The maximum absolute atomic E-state index is 11.7. The molecule has 72 valence electrons. The smallest absolute Gasteiger partial charge is 0.450 e. The largest absolute Gasteiger partial charge is 0.454 e. The van der Waals surface area contributed by atoms with Gasteiger partial charge < -0.3 is 4.42 Å². The molecule has 0 N–H and O–H groups in total. The van der Waals surface area contributed by atoms with E-state index in [1.165, 1.54) is 12.1 Å². The number of rotatable bonds is 2. The lowest BCUT2D eigenvalue weighted by Gasteiger charge is -2.01. The second-order valence-electron chi connectivity index (χ2n) is 2.30. The fraction of sp³-hybridized carbons (Fsp3) is 0.286. The summed E-state index contributed by atoms with van der Waals surface area (Å²) in [5, 5.41) is 0. The number of halogens is 4. The Bertz CT molecular complexity index is 316. The van der Waals surface area contributed by atoms with Gasteiger partial charge in [-0.2, -0.15) is 13.2 Å². The van der Waals surface area contributed by atoms with Crippen LogP contribution in [0.2, 0.25) is 0 Å².